The van der Waals surface area contributed by atoms with E-state index in [0.29, 0.717) is 12.3 Å². The van der Waals surface area contributed by atoms with Gasteiger partial charge in [-0.25, -0.2) is 5.53 Å². The molecule has 0 atom stereocenters. The van der Waals surface area contributed by atoms with Crippen LogP contribution in [0.5, 0.6) is 0 Å². The molecule has 0 aromatic rings. The van der Waals surface area contributed by atoms with Crippen molar-refractivity contribution in [1.82, 2.24) is 0 Å². The van der Waals surface area contributed by atoms with E-state index in [4.69, 9.17) is 5.53 Å². The highest BCUT2D eigenvalue weighted by molar-refractivity contribution is 5.49. The first-order valence-corrected chi connectivity index (χ1v) is 4.17. The number of carbonyl (C=O) groups excluding carboxylic acids is 1. The van der Waals surface area contributed by atoms with Crippen molar-refractivity contribution in [2.75, 3.05) is 0 Å². The van der Waals surface area contributed by atoms with E-state index in [-0.39, 0.29) is 6.04 Å². The Hall–Kier alpha value is -0.730. The number of rotatable bonds is 3. The highest BCUT2D eigenvalue weighted by atomic mass is 16.1. The zero-order valence-corrected chi connectivity index (χ0v) is 6.62. The molecule has 1 aliphatic rings. The van der Waals surface area contributed by atoms with Crippen molar-refractivity contribution in [1.29, 1.82) is 5.53 Å². The molecule has 1 saturated carbocycles. The lowest BCUT2D eigenvalue weighted by Gasteiger charge is -2.23. The lowest BCUT2D eigenvalue weighted by molar-refractivity contribution is -0.108. The standard InChI is InChI=1S/C8H14N2O/c9-10-8-3-1-7(2-4-8)5-6-11/h6-9H,1-5H2. The summed E-state index contributed by atoms with van der Waals surface area (Å²) in [5.41, 5.74) is 6.82. The van der Waals surface area contributed by atoms with Crippen LogP contribution in [0.1, 0.15) is 32.1 Å². The highest BCUT2D eigenvalue weighted by Crippen LogP contribution is 2.27. The molecular weight excluding hydrogens is 140 g/mol. The largest absolute Gasteiger partial charge is 0.303 e. The molecule has 3 nitrogen and oxygen atoms in total. The third kappa shape index (κ3) is 2.41. The third-order valence-corrected chi connectivity index (χ3v) is 2.43. The Balaban J connectivity index is 2.23. The van der Waals surface area contributed by atoms with Gasteiger partial charge in [0.1, 0.15) is 6.29 Å². The molecule has 1 rings (SSSR count). The molecule has 1 aliphatic carbocycles. The summed E-state index contributed by atoms with van der Waals surface area (Å²) < 4.78 is 0. The van der Waals surface area contributed by atoms with Crippen molar-refractivity contribution in [3.05, 3.63) is 0 Å². The predicted octanol–water partition coefficient (Wildman–Crippen LogP) is 2.17. The highest BCUT2D eigenvalue weighted by Gasteiger charge is 2.19. The zero-order chi connectivity index (χ0) is 8.10. The molecule has 0 spiro atoms. The van der Waals surface area contributed by atoms with Crippen LogP contribution in [0.3, 0.4) is 0 Å². The summed E-state index contributed by atoms with van der Waals surface area (Å²) in [4.78, 5) is 10.2. The van der Waals surface area contributed by atoms with Gasteiger partial charge in [0, 0.05) is 6.42 Å². The second-order valence-corrected chi connectivity index (χ2v) is 3.21. The van der Waals surface area contributed by atoms with Crippen molar-refractivity contribution < 1.29 is 4.79 Å². The number of aldehydes is 1. The zero-order valence-electron chi connectivity index (χ0n) is 6.62. The maximum atomic E-state index is 10.2. The summed E-state index contributed by atoms with van der Waals surface area (Å²) in [5, 5.41) is 3.50. The van der Waals surface area contributed by atoms with Gasteiger partial charge in [-0.15, -0.1) is 0 Å². The van der Waals surface area contributed by atoms with Crippen LogP contribution in [0.25, 0.3) is 0 Å². The molecule has 0 aliphatic heterocycles. The average Bonchev–Trinajstić information content (AvgIpc) is 2.07. The summed E-state index contributed by atoms with van der Waals surface area (Å²) in [6.45, 7) is 0. The molecule has 1 N–H and O–H groups in total. The minimum Gasteiger partial charge on any atom is -0.303 e. The van der Waals surface area contributed by atoms with E-state index in [1.165, 1.54) is 0 Å². The van der Waals surface area contributed by atoms with E-state index in [9.17, 15) is 4.79 Å². The Morgan fingerprint density at radius 3 is 2.45 bits per heavy atom. The monoisotopic (exact) mass is 154 g/mol. The molecule has 62 valence electrons. The lowest BCUT2D eigenvalue weighted by Crippen LogP contribution is -2.16. The summed E-state index contributed by atoms with van der Waals surface area (Å²) in [6.07, 6.45) is 5.86. The van der Waals surface area contributed by atoms with Crippen molar-refractivity contribution in [2.24, 2.45) is 11.0 Å². The van der Waals surface area contributed by atoms with Gasteiger partial charge in [0.2, 0.25) is 0 Å². The minimum absolute atomic E-state index is 0.248. The van der Waals surface area contributed by atoms with Gasteiger partial charge in [-0.1, -0.05) is 0 Å². The summed E-state index contributed by atoms with van der Waals surface area (Å²) in [6, 6.07) is 0.248. The first-order valence-electron chi connectivity index (χ1n) is 4.17. The lowest BCUT2D eigenvalue weighted by atomic mass is 9.85. The fourth-order valence-corrected chi connectivity index (χ4v) is 1.65. The van der Waals surface area contributed by atoms with Crippen LogP contribution in [0.15, 0.2) is 5.11 Å². The normalized spacial score (nSPS) is 31.3. The van der Waals surface area contributed by atoms with Gasteiger partial charge in [0.15, 0.2) is 0 Å². The van der Waals surface area contributed by atoms with Crippen molar-refractivity contribution in [2.45, 2.75) is 38.1 Å². The van der Waals surface area contributed by atoms with Crippen molar-refractivity contribution in [3.63, 3.8) is 0 Å². The molecule has 0 aromatic heterocycles. The second-order valence-electron chi connectivity index (χ2n) is 3.21. The predicted molar refractivity (Wildman–Crippen MR) is 41.6 cm³/mol. The topological polar surface area (TPSA) is 53.3 Å². The molecule has 1 fully saturated rings. The molecule has 11 heavy (non-hydrogen) atoms. The molecular formula is C8H14N2O. The van der Waals surface area contributed by atoms with Gasteiger partial charge in [-0.2, -0.15) is 5.11 Å². The van der Waals surface area contributed by atoms with Gasteiger partial charge in [0.25, 0.3) is 0 Å². The van der Waals surface area contributed by atoms with E-state index in [1.807, 2.05) is 0 Å². The SMILES string of the molecule is N=NC1CCC(CC=O)CC1. The molecule has 0 amide bonds. The first-order chi connectivity index (χ1) is 5.36. The van der Waals surface area contributed by atoms with Crippen LogP contribution >= 0.6 is 0 Å². The maximum absolute atomic E-state index is 10.2. The molecule has 0 unspecified atom stereocenters. The van der Waals surface area contributed by atoms with Crippen LogP contribution in [0, 0.1) is 11.4 Å². The summed E-state index contributed by atoms with van der Waals surface area (Å²) >= 11 is 0. The summed E-state index contributed by atoms with van der Waals surface area (Å²) in [7, 11) is 0. The van der Waals surface area contributed by atoms with Gasteiger partial charge >= 0.3 is 0 Å². The molecule has 0 radical (unpaired) electrons. The van der Waals surface area contributed by atoms with Gasteiger partial charge in [-0.05, 0) is 31.6 Å². The van der Waals surface area contributed by atoms with Crippen LogP contribution in [-0.2, 0) is 4.79 Å². The summed E-state index contributed by atoms with van der Waals surface area (Å²) in [5.74, 6) is 0.575. The molecule has 0 aromatic carbocycles. The Morgan fingerprint density at radius 1 is 1.36 bits per heavy atom. The number of carbonyl (C=O) groups is 1. The van der Waals surface area contributed by atoms with E-state index in [2.05, 4.69) is 5.11 Å². The van der Waals surface area contributed by atoms with E-state index < -0.39 is 0 Å². The fourth-order valence-electron chi connectivity index (χ4n) is 1.65. The fraction of sp³-hybridized carbons (Fsp3) is 0.875. The average molecular weight is 154 g/mol. The van der Waals surface area contributed by atoms with Crippen LogP contribution in [-0.4, -0.2) is 12.3 Å². The molecule has 0 bridgehead atoms. The Labute approximate surface area is 66.7 Å². The maximum Gasteiger partial charge on any atom is 0.120 e. The Kier molecular flexibility index (Phi) is 3.20. The third-order valence-electron chi connectivity index (χ3n) is 2.43. The number of nitrogens with one attached hydrogen (secondary N) is 1. The quantitative estimate of drug-likeness (QED) is 0.491. The minimum atomic E-state index is 0.248. The van der Waals surface area contributed by atoms with E-state index in [1.54, 1.807) is 0 Å². The number of nitrogens with zero attached hydrogens (tertiary/aromatic N) is 1. The number of hydrogen-bond donors (Lipinski definition) is 1. The van der Waals surface area contributed by atoms with Gasteiger partial charge in [0.05, 0.1) is 6.04 Å². The Morgan fingerprint density at radius 2 is 2.00 bits per heavy atom. The van der Waals surface area contributed by atoms with Crippen molar-refractivity contribution >= 4 is 6.29 Å². The van der Waals surface area contributed by atoms with Crippen LogP contribution in [0.2, 0.25) is 0 Å². The molecule has 3 heteroatoms. The molecule has 0 heterocycles. The van der Waals surface area contributed by atoms with Crippen molar-refractivity contribution in [3.8, 4) is 0 Å². The Bertz CT molecular complexity index is 139. The van der Waals surface area contributed by atoms with Crippen LogP contribution < -0.4 is 0 Å². The molecule has 0 saturated heterocycles. The number of hydrogen-bond acceptors (Lipinski definition) is 3. The van der Waals surface area contributed by atoms with Crippen LogP contribution in [0.4, 0.5) is 0 Å². The van der Waals surface area contributed by atoms with E-state index in [0.717, 1.165) is 32.0 Å². The second kappa shape index (κ2) is 4.21. The van der Waals surface area contributed by atoms with E-state index >= 15 is 0 Å². The van der Waals surface area contributed by atoms with Gasteiger partial charge < -0.3 is 4.79 Å². The van der Waals surface area contributed by atoms with Gasteiger partial charge in [-0.3, -0.25) is 0 Å². The first kappa shape index (κ1) is 8.37. The smallest absolute Gasteiger partial charge is 0.120 e.